The van der Waals surface area contributed by atoms with Gasteiger partial charge in [-0.15, -0.1) is 0 Å². The van der Waals surface area contributed by atoms with Crippen LogP contribution in [0.5, 0.6) is 0 Å². The van der Waals surface area contributed by atoms with E-state index in [2.05, 4.69) is 10.3 Å². The fraction of sp³-hybridized carbons (Fsp3) is 0.667. The van der Waals surface area contributed by atoms with Crippen molar-refractivity contribution >= 4 is 26.0 Å². The Balaban J connectivity index is 1.49. The van der Waals surface area contributed by atoms with Crippen LogP contribution in [0, 0.1) is 5.92 Å². The monoisotopic (exact) mass is 444 g/mol. The first-order chi connectivity index (χ1) is 13.7. The van der Waals surface area contributed by atoms with E-state index in [-0.39, 0.29) is 28.5 Å². The Morgan fingerprint density at radius 3 is 2.24 bits per heavy atom. The molecule has 29 heavy (non-hydrogen) atoms. The zero-order valence-electron chi connectivity index (χ0n) is 16.5. The maximum atomic E-state index is 12.6. The molecule has 2 fully saturated rings. The molecule has 2 aliphatic rings. The van der Waals surface area contributed by atoms with Crippen molar-refractivity contribution in [1.82, 2.24) is 18.9 Å². The highest BCUT2D eigenvalue weighted by Gasteiger charge is 2.34. The molecule has 0 aromatic carbocycles. The van der Waals surface area contributed by atoms with Crippen molar-refractivity contribution in [1.29, 1.82) is 0 Å². The molecule has 9 nitrogen and oxygen atoms in total. The highest BCUT2D eigenvalue weighted by atomic mass is 32.2. The zero-order valence-corrected chi connectivity index (χ0v) is 18.2. The third kappa shape index (κ3) is 5.14. The summed E-state index contributed by atoms with van der Waals surface area (Å²) in [7, 11) is -6.77. The van der Waals surface area contributed by atoms with Gasteiger partial charge in [0.1, 0.15) is 4.90 Å². The summed E-state index contributed by atoms with van der Waals surface area (Å²) in [6, 6.07) is 3.07. The molecule has 1 N–H and O–H groups in total. The Kier molecular flexibility index (Phi) is 6.92. The van der Waals surface area contributed by atoms with E-state index in [9.17, 15) is 21.6 Å². The quantitative estimate of drug-likeness (QED) is 0.679. The van der Waals surface area contributed by atoms with Crippen molar-refractivity contribution in [2.45, 2.75) is 43.5 Å². The number of aromatic nitrogens is 1. The van der Waals surface area contributed by atoms with E-state index in [1.54, 1.807) is 13.0 Å². The second-order valence-corrected chi connectivity index (χ2v) is 11.6. The summed E-state index contributed by atoms with van der Waals surface area (Å²) in [6.07, 6.45) is 4.98. The van der Waals surface area contributed by atoms with Crippen LogP contribution in [0.4, 0.5) is 0 Å². The number of carbonyl (C=O) groups is 1. The van der Waals surface area contributed by atoms with Gasteiger partial charge in [-0.2, -0.15) is 4.31 Å². The Bertz CT molecular complexity index is 905. The van der Waals surface area contributed by atoms with Crippen molar-refractivity contribution in [2.24, 2.45) is 5.92 Å². The van der Waals surface area contributed by atoms with Crippen LogP contribution in [0.1, 0.15) is 32.6 Å². The number of hydrogen-bond donors (Lipinski definition) is 1. The molecule has 2 aliphatic heterocycles. The van der Waals surface area contributed by atoms with Crippen LogP contribution in [0.15, 0.2) is 29.4 Å². The molecule has 0 bridgehead atoms. The topological polar surface area (TPSA) is 117 Å². The minimum Gasteiger partial charge on any atom is -0.353 e. The van der Waals surface area contributed by atoms with Gasteiger partial charge in [0.25, 0.3) is 0 Å². The fourth-order valence-corrected chi connectivity index (χ4v) is 6.35. The lowest BCUT2D eigenvalue weighted by Gasteiger charge is -2.34. The molecule has 0 spiro atoms. The molecular formula is C18H28N4O5S2. The van der Waals surface area contributed by atoms with Crippen molar-refractivity contribution in [2.75, 3.05) is 31.9 Å². The Labute approximate surface area is 172 Å². The van der Waals surface area contributed by atoms with Crippen molar-refractivity contribution < 1.29 is 21.6 Å². The first-order valence-corrected chi connectivity index (χ1v) is 13.0. The summed E-state index contributed by atoms with van der Waals surface area (Å²) >= 11 is 0. The molecule has 11 heteroatoms. The molecule has 0 atom stereocenters. The summed E-state index contributed by atoms with van der Waals surface area (Å²) in [4.78, 5) is 16.6. The van der Waals surface area contributed by atoms with Crippen molar-refractivity contribution in [3.63, 3.8) is 0 Å². The molecule has 0 aliphatic carbocycles. The fourth-order valence-electron chi connectivity index (χ4n) is 3.79. The summed E-state index contributed by atoms with van der Waals surface area (Å²) in [5, 5.41) is 3.03. The summed E-state index contributed by atoms with van der Waals surface area (Å²) in [6.45, 7) is 3.06. The summed E-state index contributed by atoms with van der Waals surface area (Å²) < 4.78 is 52.0. The van der Waals surface area contributed by atoms with Gasteiger partial charge in [0.05, 0.1) is 5.75 Å². The Hall–Kier alpha value is -1.56. The maximum Gasteiger partial charge on any atom is 0.244 e. The van der Waals surface area contributed by atoms with Crippen molar-refractivity contribution in [3.05, 3.63) is 24.5 Å². The van der Waals surface area contributed by atoms with Gasteiger partial charge in [-0.25, -0.2) is 21.1 Å². The number of piperidine rings is 2. The number of pyridine rings is 1. The Morgan fingerprint density at radius 2 is 1.69 bits per heavy atom. The molecule has 1 aromatic rings. The molecule has 0 radical (unpaired) electrons. The van der Waals surface area contributed by atoms with E-state index in [1.807, 2.05) is 0 Å². The first-order valence-electron chi connectivity index (χ1n) is 9.92. The normalized spacial score (nSPS) is 21.1. The number of hydrogen-bond acceptors (Lipinski definition) is 6. The average Bonchev–Trinajstić information content (AvgIpc) is 2.75. The molecule has 2 saturated heterocycles. The summed E-state index contributed by atoms with van der Waals surface area (Å²) in [5.74, 6) is -0.210. The van der Waals surface area contributed by atoms with Crippen molar-refractivity contribution in [3.8, 4) is 0 Å². The standard InChI is InChI=1S/C18H28N4O5S2/c1-2-28(24,25)21-12-7-16(8-13-21)20-18(23)15-5-10-22(11-6-15)29(26,27)17-4-3-9-19-14-17/h3-4,9,14-16H,2,5-8,10-13H2,1H3,(H,20,23). The van der Waals surface area contributed by atoms with Gasteiger partial charge in [-0.05, 0) is 44.7 Å². The van der Waals surface area contributed by atoms with E-state index < -0.39 is 20.0 Å². The smallest absolute Gasteiger partial charge is 0.244 e. The minimum absolute atomic E-state index is 0.0389. The van der Waals surface area contributed by atoms with Gasteiger partial charge in [-0.3, -0.25) is 9.78 Å². The third-order valence-corrected chi connectivity index (χ3v) is 9.42. The highest BCUT2D eigenvalue weighted by molar-refractivity contribution is 7.89. The van der Waals surface area contributed by atoms with Crippen LogP contribution >= 0.6 is 0 Å². The predicted octanol–water partition coefficient (Wildman–Crippen LogP) is 0.413. The predicted molar refractivity (Wildman–Crippen MR) is 108 cm³/mol. The molecule has 3 heterocycles. The number of nitrogens with zero attached hydrogens (tertiary/aromatic N) is 3. The van der Waals surface area contributed by atoms with E-state index in [1.165, 1.54) is 27.1 Å². The lowest BCUT2D eigenvalue weighted by Crippen LogP contribution is -2.49. The minimum atomic E-state index is -3.58. The second kappa shape index (κ2) is 9.07. The van der Waals surface area contributed by atoms with Gasteiger partial charge >= 0.3 is 0 Å². The van der Waals surface area contributed by atoms with Crippen LogP contribution in [0.25, 0.3) is 0 Å². The van der Waals surface area contributed by atoms with Gasteiger partial charge in [0, 0.05) is 50.5 Å². The molecule has 3 rings (SSSR count). The molecular weight excluding hydrogens is 416 g/mol. The number of rotatable bonds is 6. The second-order valence-electron chi connectivity index (χ2n) is 7.45. The van der Waals surface area contributed by atoms with Crippen LogP contribution < -0.4 is 5.32 Å². The highest BCUT2D eigenvalue weighted by Crippen LogP contribution is 2.24. The molecule has 0 unspecified atom stereocenters. The Morgan fingerprint density at radius 1 is 1.07 bits per heavy atom. The van der Waals surface area contributed by atoms with E-state index in [0.29, 0.717) is 51.9 Å². The van der Waals surface area contributed by atoms with E-state index in [0.717, 1.165) is 0 Å². The van der Waals surface area contributed by atoms with Crippen LogP contribution in [-0.4, -0.2) is 74.3 Å². The number of sulfonamides is 2. The van der Waals surface area contributed by atoms with E-state index >= 15 is 0 Å². The van der Waals surface area contributed by atoms with E-state index in [4.69, 9.17) is 0 Å². The lowest BCUT2D eigenvalue weighted by atomic mass is 9.96. The molecule has 1 amide bonds. The van der Waals surface area contributed by atoms with Gasteiger partial charge in [-0.1, -0.05) is 0 Å². The summed E-state index contributed by atoms with van der Waals surface area (Å²) in [5.41, 5.74) is 0. The van der Waals surface area contributed by atoms with Crippen LogP contribution in [0.2, 0.25) is 0 Å². The lowest BCUT2D eigenvalue weighted by molar-refractivity contribution is -0.127. The SMILES string of the molecule is CCS(=O)(=O)N1CCC(NC(=O)C2CCN(S(=O)(=O)c3cccnc3)CC2)CC1. The van der Waals surface area contributed by atoms with Crippen LogP contribution in [-0.2, 0) is 24.8 Å². The molecule has 1 aromatic heterocycles. The average molecular weight is 445 g/mol. The van der Waals surface area contributed by atoms with Gasteiger partial charge in [0.15, 0.2) is 0 Å². The third-order valence-electron chi connectivity index (χ3n) is 5.66. The molecule has 0 saturated carbocycles. The van der Waals surface area contributed by atoms with Gasteiger partial charge < -0.3 is 5.32 Å². The molecule has 162 valence electrons. The zero-order chi connectivity index (χ0) is 21.1. The number of amides is 1. The number of nitrogens with one attached hydrogen (secondary N) is 1. The maximum absolute atomic E-state index is 12.6. The van der Waals surface area contributed by atoms with Gasteiger partial charge in [0.2, 0.25) is 26.0 Å². The largest absolute Gasteiger partial charge is 0.353 e. The van der Waals surface area contributed by atoms with Crippen LogP contribution in [0.3, 0.4) is 0 Å². The first kappa shape index (κ1) is 22.1. The number of carbonyl (C=O) groups excluding carboxylic acids is 1.